The van der Waals surface area contributed by atoms with Crippen LogP contribution in [0.1, 0.15) is 60.4 Å². The van der Waals surface area contributed by atoms with E-state index in [0.29, 0.717) is 12.2 Å². The van der Waals surface area contributed by atoms with Gasteiger partial charge in [0.05, 0.1) is 17.9 Å². The Kier molecular flexibility index (Phi) is 4.34. The van der Waals surface area contributed by atoms with Crippen LogP contribution in [0, 0.1) is 0 Å². The van der Waals surface area contributed by atoms with Gasteiger partial charge in [0.2, 0.25) is 0 Å². The molecule has 1 aliphatic carbocycles. The maximum Gasteiger partial charge on any atom is 0.339 e. The van der Waals surface area contributed by atoms with Crippen molar-refractivity contribution in [2.75, 3.05) is 6.61 Å². The van der Waals surface area contributed by atoms with Gasteiger partial charge < -0.3 is 4.74 Å². The monoisotopic (exact) mass is 247 g/mol. The van der Waals surface area contributed by atoms with Gasteiger partial charge in [-0.15, -0.1) is 0 Å². The third-order valence-electron chi connectivity index (χ3n) is 3.46. The van der Waals surface area contributed by atoms with Gasteiger partial charge in [0.25, 0.3) is 0 Å². The number of fused-ring (bicyclic) bond motifs is 1. The fraction of sp³-hybridized carbons (Fsp3) is 0.600. The first-order chi connectivity index (χ1) is 8.76. The third-order valence-corrected chi connectivity index (χ3v) is 3.46. The number of aryl methyl sites for hydroxylation is 3. The molecule has 0 unspecified atom stereocenters. The van der Waals surface area contributed by atoms with Crippen LogP contribution in [0.25, 0.3) is 0 Å². The van der Waals surface area contributed by atoms with Crippen molar-refractivity contribution in [3.63, 3.8) is 0 Å². The van der Waals surface area contributed by atoms with E-state index >= 15 is 0 Å². The van der Waals surface area contributed by atoms with E-state index < -0.39 is 0 Å². The smallest absolute Gasteiger partial charge is 0.339 e. The maximum absolute atomic E-state index is 11.9. The molecule has 1 aliphatic rings. The van der Waals surface area contributed by atoms with Gasteiger partial charge in [0, 0.05) is 5.69 Å². The van der Waals surface area contributed by atoms with Crippen LogP contribution in [0.5, 0.6) is 0 Å². The number of pyridine rings is 1. The highest BCUT2D eigenvalue weighted by atomic mass is 16.5. The Balaban J connectivity index is 2.39. The summed E-state index contributed by atoms with van der Waals surface area (Å²) in [6.45, 7) is 4.29. The first-order valence-corrected chi connectivity index (χ1v) is 6.95. The van der Waals surface area contributed by atoms with Crippen LogP contribution in [-0.2, 0) is 24.0 Å². The largest absolute Gasteiger partial charge is 0.462 e. The number of hydrogen-bond acceptors (Lipinski definition) is 3. The van der Waals surface area contributed by atoms with Gasteiger partial charge in [-0.25, -0.2) is 4.79 Å². The lowest BCUT2D eigenvalue weighted by molar-refractivity contribution is 0.0524. The van der Waals surface area contributed by atoms with E-state index in [9.17, 15) is 4.79 Å². The molecular weight excluding hydrogens is 226 g/mol. The van der Waals surface area contributed by atoms with Gasteiger partial charge in [-0.1, -0.05) is 13.3 Å². The highest BCUT2D eigenvalue weighted by Gasteiger charge is 2.18. The predicted molar refractivity (Wildman–Crippen MR) is 70.8 cm³/mol. The van der Waals surface area contributed by atoms with Crippen molar-refractivity contribution in [3.05, 3.63) is 28.6 Å². The van der Waals surface area contributed by atoms with Crippen LogP contribution in [0.3, 0.4) is 0 Å². The molecule has 3 heteroatoms. The summed E-state index contributed by atoms with van der Waals surface area (Å²) in [6.07, 6.45) is 6.53. The van der Waals surface area contributed by atoms with Gasteiger partial charge in [-0.3, -0.25) is 4.98 Å². The van der Waals surface area contributed by atoms with Gasteiger partial charge in [0.1, 0.15) is 0 Å². The van der Waals surface area contributed by atoms with Crippen molar-refractivity contribution in [2.45, 2.75) is 52.4 Å². The molecule has 0 bridgehead atoms. The molecule has 1 aromatic rings. The Bertz CT molecular complexity index is 440. The molecule has 0 fully saturated rings. The molecule has 0 amide bonds. The second-order valence-corrected chi connectivity index (χ2v) is 4.72. The van der Waals surface area contributed by atoms with Gasteiger partial charge in [0.15, 0.2) is 0 Å². The molecule has 0 saturated carbocycles. The van der Waals surface area contributed by atoms with E-state index in [1.807, 2.05) is 19.9 Å². The molecule has 1 aromatic heterocycles. The van der Waals surface area contributed by atoms with E-state index in [1.165, 1.54) is 30.5 Å². The Morgan fingerprint density at radius 3 is 2.78 bits per heavy atom. The molecule has 0 spiro atoms. The predicted octanol–water partition coefficient (Wildman–Crippen LogP) is 3.09. The lowest BCUT2D eigenvalue weighted by Gasteiger charge is -2.12. The molecule has 0 saturated heterocycles. The topological polar surface area (TPSA) is 39.2 Å². The molecule has 98 valence electrons. The van der Waals surface area contributed by atoms with Crippen molar-refractivity contribution >= 4 is 5.97 Å². The molecule has 0 N–H and O–H groups in total. The number of aromatic nitrogens is 1. The van der Waals surface area contributed by atoms with E-state index in [4.69, 9.17) is 9.72 Å². The summed E-state index contributed by atoms with van der Waals surface area (Å²) in [6, 6.07) is 2.02. The molecule has 0 atom stereocenters. The zero-order valence-corrected chi connectivity index (χ0v) is 11.3. The molecule has 18 heavy (non-hydrogen) atoms. The van der Waals surface area contributed by atoms with Crippen molar-refractivity contribution in [2.24, 2.45) is 0 Å². The zero-order valence-electron chi connectivity index (χ0n) is 11.3. The molecule has 3 nitrogen and oxygen atoms in total. The summed E-state index contributed by atoms with van der Waals surface area (Å²) in [5.74, 6) is -0.228. The van der Waals surface area contributed by atoms with Crippen LogP contribution in [-0.4, -0.2) is 17.6 Å². The average Bonchev–Trinajstić information content (AvgIpc) is 2.61. The molecule has 0 aliphatic heterocycles. The molecule has 0 radical (unpaired) electrons. The Morgan fingerprint density at radius 1 is 1.28 bits per heavy atom. The Morgan fingerprint density at radius 2 is 2.06 bits per heavy atom. The van der Waals surface area contributed by atoms with Crippen molar-refractivity contribution in [3.8, 4) is 0 Å². The zero-order chi connectivity index (χ0) is 13.0. The molecule has 1 heterocycles. The number of rotatable bonds is 3. The van der Waals surface area contributed by atoms with Crippen molar-refractivity contribution < 1.29 is 9.53 Å². The average molecular weight is 247 g/mol. The first kappa shape index (κ1) is 13.1. The van der Waals surface area contributed by atoms with Crippen LogP contribution in [0.4, 0.5) is 0 Å². The third kappa shape index (κ3) is 2.71. The lowest BCUT2D eigenvalue weighted by Crippen LogP contribution is -2.12. The van der Waals surface area contributed by atoms with E-state index in [1.54, 1.807) is 0 Å². The Labute approximate surface area is 109 Å². The summed E-state index contributed by atoms with van der Waals surface area (Å²) in [4.78, 5) is 16.6. The summed E-state index contributed by atoms with van der Waals surface area (Å²) in [5.41, 5.74) is 3.99. The highest BCUT2D eigenvalue weighted by Crippen LogP contribution is 2.22. The standard InChI is InChI=1S/C15H21NO2/c1-3-13-12(15(17)18-4-2)10-11-8-6-5-7-9-14(11)16-13/h10H,3-9H2,1-2H3. The van der Waals surface area contributed by atoms with Crippen LogP contribution < -0.4 is 0 Å². The fourth-order valence-corrected chi connectivity index (χ4v) is 2.51. The number of nitrogens with zero attached hydrogens (tertiary/aromatic N) is 1. The quantitative estimate of drug-likeness (QED) is 0.608. The second kappa shape index (κ2) is 5.98. The number of esters is 1. The highest BCUT2D eigenvalue weighted by molar-refractivity contribution is 5.90. The van der Waals surface area contributed by atoms with Crippen molar-refractivity contribution in [1.29, 1.82) is 0 Å². The van der Waals surface area contributed by atoms with Gasteiger partial charge >= 0.3 is 5.97 Å². The van der Waals surface area contributed by atoms with Crippen molar-refractivity contribution in [1.82, 2.24) is 4.98 Å². The van der Waals surface area contributed by atoms with E-state index in [2.05, 4.69) is 0 Å². The number of carbonyl (C=O) groups excluding carboxylic acids is 1. The van der Waals surface area contributed by atoms with Gasteiger partial charge in [-0.05, 0) is 50.7 Å². The number of hydrogen-bond donors (Lipinski definition) is 0. The molecule has 0 aromatic carbocycles. The summed E-state index contributed by atoms with van der Waals surface area (Å²) in [5, 5.41) is 0. The van der Waals surface area contributed by atoms with E-state index in [-0.39, 0.29) is 5.97 Å². The summed E-state index contributed by atoms with van der Waals surface area (Å²) < 4.78 is 5.11. The van der Waals surface area contributed by atoms with E-state index in [0.717, 1.165) is 25.0 Å². The fourth-order valence-electron chi connectivity index (χ4n) is 2.51. The first-order valence-electron chi connectivity index (χ1n) is 6.95. The minimum absolute atomic E-state index is 0.228. The summed E-state index contributed by atoms with van der Waals surface area (Å²) in [7, 11) is 0. The van der Waals surface area contributed by atoms with Crippen LogP contribution in [0.2, 0.25) is 0 Å². The second-order valence-electron chi connectivity index (χ2n) is 4.72. The minimum Gasteiger partial charge on any atom is -0.462 e. The minimum atomic E-state index is -0.228. The number of carbonyl (C=O) groups is 1. The maximum atomic E-state index is 11.9. The molecular formula is C15H21NO2. The van der Waals surface area contributed by atoms with Gasteiger partial charge in [-0.2, -0.15) is 0 Å². The normalized spacial score (nSPS) is 14.8. The van der Waals surface area contributed by atoms with Crippen LogP contribution in [0.15, 0.2) is 6.07 Å². The lowest BCUT2D eigenvalue weighted by atomic mass is 10.0. The summed E-state index contributed by atoms with van der Waals surface area (Å²) >= 11 is 0. The van der Waals surface area contributed by atoms with Crippen LogP contribution >= 0.6 is 0 Å². The Hall–Kier alpha value is -1.38. The number of ether oxygens (including phenoxy) is 1. The SMILES string of the molecule is CCOC(=O)c1cc2c(nc1CC)CCCCC2. The molecule has 2 rings (SSSR count).